The fourth-order valence-corrected chi connectivity index (χ4v) is 3.19. The molecule has 0 aromatic rings. The molecule has 31 heavy (non-hydrogen) atoms. The van der Waals surface area contributed by atoms with Crippen LogP contribution in [0.15, 0.2) is 0 Å². The van der Waals surface area contributed by atoms with Gasteiger partial charge in [-0.15, -0.1) is 0 Å². The van der Waals surface area contributed by atoms with E-state index in [2.05, 4.69) is 0 Å². The Bertz CT molecular complexity index is 541. The number of rotatable bonds is 14. The number of carbonyl (C=O) groups excluding carboxylic acids is 2. The Morgan fingerprint density at radius 3 is 1.84 bits per heavy atom. The van der Waals surface area contributed by atoms with Crippen LogP contribution >= 0.6 is 0 Å². The number of hydrogen-bond donors (Lipinski definition) is 6. The van der Waals surface area contributed by atoms with Gasteiger partial charge in [-0.25, -0.2) is 0 Å². The summed E-state index contributed by atoms with van der Waals surface area (Å²) in [5, 5.41) is 20.1. The number of esters is 2. The number of aliphatic hydroxyl groups is 2. The van der Waals surface area contributed by atoms with E-state index in [1.165, 1.54) is 7.11 Å². The standard InChI is InChI=1S/C19H38N4O8/c1-28-19-16(31-18(27)12(23)7-3-5-9-21)15(14(25)13(10-24)29-19)30-17(26)11(22)6-2-4-8-20/h11-16,19,24-25H,2-10,20-23H2,1H3/t11-,12-,13+,14+,15-,16+,19-/m0/s1. The fraction of sp³-hybridized carbons (Fsp3) is 0.895. The molecule has 10 N–H and O–H groups in total. The maximum atomic E-state index is 12.5. The maximum absolute atomic E-state index is 12.5. The lowest BCUT2D eigenvalue weighted by atomic mass is 9.98. The zero-order chi connectivity index (χ0) is 23.4. The van der Waals surface area contributed by atoms with Crippen molar-refractivity contribution in [2.75, 3.05) is 26.8 Å². The molecule has 0 aliphatic carbocycles. The molecule has 0 radical (unpaired) electrons. The van der Waals surface area contributed by atoms with E-state index >= 15 is 0 Å². The third-order valence-corrected chi connectivity index (χ3v) is 5.08. The van der Waals surface area contributed by atoms with Crippen LogP contribution in [0.2, 0.25) is 0 Å². The maximum Gasteiger partial charge on any atom is 0.323 e. The zero-order valence-electron chi connectivity index (χ0n) is 18.1. The van der Waals surface area contributed by atoms with E-state index in [0.29, 0.717) is 51.6 Å². The summed E-state index contributed by atoms with van der Waals surface area (Å²) in [6.45, 7) is 0.372. The minimum Gasteiger partial charge on any atom is -0.454 e. The predicted octanol–water partition coefficient (Wildman–Crippen LogP) is -2.55. The van der Waals surface area contributed by atoms with Gasteiger partial charge in [0.15, 0.2) is 18.5 Å². The van der Waals surface area contributed by atoms with Crippen molar-refractivity contribution >= 4 is 11.9 Å². The molecule has 12 heteroatoms. The summed E-state index contributed by atoms with van der Waals surface area (Å²) in [6.07, 6.45) is -3.15. The Balaban J connectivity index is 2.92. The highest BCUT2D eigenvalue weighted by atomic mass is 16.7. The lowest BCUT2D eigenvalue weighted by Gasteiger charge is -2.42. The van der Waals surface area contributed by atoms with Crippen LogP contribution in [0.3, 0.4) is 0 Å². The van der Waals surface area contributed by atoms with E-state index in [9.17, 15) is 19.8 Å². The van der Waals surface area contributed by atoms with Crippen LogP contribution in [0.5, 0.6) is 0 Å². The molecule has 0 aromatic heterocycles. The summed E-state index contributed by atoms with van der Waals surface area (Å²) in [5.74, 6) is -1.56. The summed E-state index contributed by atoms with van der Waals surface area (Å²) in [4.78, 5) is 24.9. The van der Waals surface area contributed by atoms with Gasteiger partial charge in [0.25, 0.3) is 0 Å². The first-order valence-electron chi connectivity index (χ1n) is 10.6. The molecule has 0 unspecified atom stereocenters. The van der Waals surface area contributed by atoms with Crippen molar-refractivity contribution in [3.8, 4) is 0 Å². The van der Waals surface area contributed by atoms with Crippen LogP contribution in [0, 0.1) is 0 Å². The molecule has 1 saturated heterocycles. The summed E-state index contributed by atoms with van der Waals surface area (Å²) < 4.78 is 21.5. The van der Waals surface area contributed by atoms with Gasteiger partial charge >= 0.3 is 11.9 Å². The Morgan fingerprint density at radius 2 is 1.42 bits per heavy atom. The molecular formula is C19H38N4O8. The molecule has 7 atom stereocenters. The smallest absolute Gasteiger partial charge is 0.323 e. The molecule has 1 aliphatic heterocycles. The fourth-order valence-electron chi connectivity index (χ4n) is 3.19. The number of hydrogen-bond acceptors (Lipinski definition) is 12. The number of nitrogens with two attached hydrogens (primary N) is 4. The minimum atomic E-state index is -1.48. The second-order valence-corrected chi connectivity index (χ2v) is 7.54. The SMILES string of the molecule is CO[C@H]1O[C@H](CO)[C@@H](O)[C@H](OC(=O)[C@@H](N)CCCCN)[C@H]1OC(=O)[C@@H](N)CCCCN. The number of unbranched alkanes of at least 4 members (excludes halogenated alkanes) is 2. The van der Waals surface area contributed by atoms with Crippen LogP contribution < -0.4 is 22.9 Å². The normalized spacial score (nSPS) is 28.0. The molecule has 1 fully saturated rings. The van der Waals surface area contributed by atoms with Gasteiger partial charge in [0.1, 0.15) is 24.3 Å². The van der Waals surface area contributed by atoms with Crippen molar-refractivity contribution in [3.63, 3.8) is 0 Å². The van der Waals surface area contributed by atoms with Gasteiger partial charge in [-0.3, -0.25) is 9.59 Å². The van der Waals surface area contributed by atoms with Crippen LogP contribution in [-0.4, -0.2) is 91.7 Å². The summed E-state index contributed by atoms with van der Waals surface area (Å²) in [6, 6.07) is -1.89. The second kappa shape index (κ2) is 14.6. The summed E-state index contributed by atoms with van der Waals surface area (Å²) in [7, 11) is 1.29. The molecule has 1 rings (SSSR count). The average molecular weight is 451 g/mol. The topological polar surface area (TPSA) is 216 Å². The summed E-state index contributed by atoms with van der Waals surface area (Å²) >= 11 is 0. The van der Waals surface area contributed by atoms with Crippen molar-refractivity contribution in [3.05, 3.63) is 0 Å². The third kappa shape index (κ3) is 8.58. The van der Waals surface area contributed by atoms with E-state index in [4.69, 9.17) is 41.9 Å². The summed E-state index contributed by atoms with van der Waals surface area (Å²) in [5.41, 5.74) is 22.6. The Labute approximate surface area is 182 Å². The molecule has 12 nitrogen and oxygen atoms in total. The highest BCUT2D eigenvalue weighted by Gasteiger charge is 2.50. The lowest BCUT2D eigenvalue weighted by Crippen LogP contribution is -2.62. The number of methoxy groups -OCH3 is 1. The largest absolute Gasteiger partial charge is 0.454 e. The quantitative estimate of drug-likeness (QED) is 0.119. The first-order valence-corrected chi connectivity index (χ1v) is 10.6. The average Bonchev–Trinajstić information content (AvgIpc) is 2.76. The number of carbonyl (C=O) groups is 2. The van der Waals surface area contributed by atoms with E-state index in [1.807, 2.05) is 0 Å². The van der Waals surface area contributed by atoms with E-state index < -0.39 is 61.3 Å². The van der Waals surface area contributed by atoms with Crippen LogP contribution in [0.4, 0.5) is 0 Å². The highest BCUT2D eigenvalue weighted by Crippen LogP contribution is 2.27. The van der Waals surface area contributed by atoms with Crippen molar-refractivity contribution < 1.29 is 38.7 Å². The van der Waals surface area contributed by atoms with Crippen molar-refractivity contribution in [2.45, 2.75) is 81.3 Å². The van der Waals surface area contributed by atoms with Gasteiger partial charge in [-0.05, 0) is 38.8 Å². The molecule has 1 aliphatic rings. The molecular weight excluding hydrogens is 412 g/mol. The lowest BCUT2D eigenvalue weighted by molar-refractivity contribution is -0.301. The van der Waals surface area contributed by atoms with Crippen molar-refractivity contribution in [1.29, 1.82) is 0 Å². The van der Waals surface area contributed by atoms with Crippen molar-refractivity contribution in [2.24, 2.45) is 22.9 Å². The molecule has 182 valence electrons. The van der Waals surface area contributed by atoms with Gasteiger partial charge in [0.2, 0.25) is 0 Å². The second-order valence-electron chi connectivity index (χ2n) is 7.54. The first-order chi connectivity index (χ1) is 14.8. The predicted molar refractivity (Wildman–Crippen MR) is 110 cm³/mol. The van der Waals surface area contributed by atoms with Crippen molar-refractivity contribution in [1.82, 2.24) is 0 Å². The number of ether oxygens (including phenoxy) is 4. The third-order valence-electron chi connectivity index (χ3n) is 5.08. The first kappa shape index (κ1) is 27.7. The zero-order valence-corrected chi connectivity index (χ0v) is 18.1. The minimum absolute atomic E-state index is 0.336. The molecule has 0 bridgehead atoms. The molecule has 1 heterocycles. The van der Waals surface area contributed by atoms with Crippen LogP contribution in [-0.2, 0) is 28.5 Å². The molecule has 0 aromatic carbocycles. The molecule has 0 saturated carbocycles. The van der Waals surface area contributed by atoms with Gasteiger partial charge < -0.3 is 52.1 Å². The van der Waals surface area contributed by atoms with E-state index in [0.717, 1.165) is 0 Å². The van der Waals surface area contributed by atoms with Gasteiger partial charge in [-0.2, -0.15) is 0 Å². The number of aliphatic hydroxyl groups excluding tert-OH is 2. The Morgan fingerprint density at radius 1 is 0.935 bits per heavy atom. The van der Waals surface area contributed by atoms with E-state index in [-0.39, 0.29) is 0 Å². The Hall–Kier alpha value is -1.38. The van der Waals surface area contributed by atoms with Crippen LogP contribution in [0.1, 0.15) is 38.5 Å². The highest BCUT2D eigenvalue weighted by molar-refractivity contribution is 5.76. The van der Waals surface area contributed by atoms with Gasteiger partial charge in [0, 0.05) is 7.11 Å². The van der Waals surface area contributed by atoms with Crippen LogP contribution in [0.25, 0.3) is 0 Å². The van der Waals surface area contributed by atoms with E-state index in [1.54, 1.807) is 0 Å². The van der Waals surface area contributed by atoms with Gasteiger partial charge in [-0.1, -0.05) is 12.8 Å². The molecule has 0 spiro atoms. The molecule has 0 amide bonds. The monoisotopic (exact) mass is 450 g/mol. The van der Waals surface area contributed by atoms with Gasteiger partial charge in [0.05, 0.1) is 6.61 Å². The Kier molecular flexibility index (Phi) is 13.1.